The highest BCUT2D eigenvalue weighted by atomic mass is 16.5. The van der Waals surface area contributed by atoms with E-state index in [1.807, 2.05) is 0 Å². The summed E-state index contributed by atoms with van der Waals surface area (Å²) in [6, 6.07) is -0.326. The van der Waals surface area contributed by atoms with Crippen molar-refractivity contribution in [2.45, 2.75) is 37.8 Å². The molecule has 0 unspecified atom stereocenters. The maximum Gasteiger partial charge on any atom is 0.245 e. The number of nitrogens with zero attached hydrogens (tertiary/aromatic N) is 1. The molecule has 0 saturated carbocycles. The van der Waals surface area contributed by atoms with Crippen molar-refractivity contribution in [2.75, 3.05) is 26.3 Å². The summed E-state index contributed by atoms with van der Waals surface area (Å²) in [6.07, 6.45) is 2.79. The first-order valence-electron chi connectivity index (χ1n) is 6.51. The third-order valence-corrected chi connectivity index (χ3v) is 3.49. The molecule has 2 aliphatic heterocycles. The molecule has 0 aromatic heterocycles. The fourth-order valence-corrected chi connectivity index (χ4v) is 2.48. The molecule has 6 heteroatoms. The zero-order valence-corrected chi connectivity index (χ0v) is 10.4. The van der Waals surface area contributed by atoms with Crippen LogP contribution in [0.3, 0.4) is 0 Å². The van der Waals surface area contributed by atoms with Gasteiger partial charge in [0.15, 0.2) is 0 Å². The van der Waals surface area contributed by atoms with Gasteiger partial charge in [-0.05, 0) is 19.3 Å². The van der Waals surface area contributed by atoms with Gasteiger partial charge >= 0.3 is 0 Å². The number of carbonyl (C=O) groups is 2. The summed E-state index contributed by atoms with van der Waals surface area (Å²) < 4.78 is 5.44. The number of amides is 2. The second-order valence-electron chi connectivity index (χ2n) is 4.78. The van der Waals surface area contributed by atoms with E-state index < -0.39 is 0 Å². The molecule has 0 radical (unpaired) electrons. The molecule has 0 bridgehead atoms. The van der Waals surface area contributed by atoms with Crippen molar-refractivity contribution in [3.63, 3.8) is 0 Å². The molecule has 0 spiro atoms. The predicted molar refractivity (Wildman–Crippen MR) is 63.8 cm³/mol. The van der Waals surface area contributed by atoms with Gasteiger partial charge in [-0.25, -0.2) is 0 Å². The molecule has 102 valence electrons. The molecule has 2 aliphatic rings. The Kier molecular flexibility index (Phi) is 4.54. The zero-order valence-electron chi connectivity index (χ0n) is 10.4. The molecule has 2 heterocycles. The first-order chi connectivity index (χ1) is 8.70. The summed E-state index contributed by atoms with van der Waals surface area (Å²) in [5, 5.41) is 11.4. The maximum atomic E-state index is 12.1. The molecule has 2 rings (SSSR count). The standard InChI is InChI=1S/C12H20N2O4/c15-7-8-18-9-3-5-14(6-4-9)12(17)10-1-2-11(16)13-10/h9-10,15H,1-8H2,(H,13,16)/t10-/m0/s1. The van der Waals surface area contributed by atoms with Crippen LogP contribution < -0.4 is 5.32 Å². The lowest BCUT2D eigenvalue weighted by Gasteiger charge is -2.33. The lowest BCUT2D eigenvalue weighted by atomic mass is 10.1. The van der Waals surface area contributed by atoms with Gasteiger partial charge in [0.2, 0.25) is 11.8 Å². The van der Waals surface area contributed by atoms with E-state index in [-0.39, 0.29) is 30.6 Å². The summed E-state index contributed by atoms with van der Waals surface area (Å²) in [7, 11) is 0. The minimum absolute atomic E-state index is 0.0291. The second-order valence-corrected chi connectivity index (χ2v) is 4.78. The first kappa shape index (κ1) is 13.3. The van der Waals surface area contributed by atoms with Crippen LogP contribution in [0.25, 0.3) is 0 Å². The molecule has 6 nitrogen and oxygen atoms in total. The van der Waals surface area contributed by atoms with E-state index >= 15 is 0 Å². The molecular weight excluding hydrogens is 236 g/mol. The largest absolute Gasteiger partial charge is 0.394 e. The van der Waals surface area contributed by atoms with Crippen LogP contribution in [-0.2, 0) is 14.3 Å². The predicted octanol–water partition coefficient (Wildman–Crippen LogP) is -0.735. The monoisotopic (exact) mass is 256 g/mol. The van der Waals surface area contributed by atoms with E-state index in [0.717, 1.165) is 12.8 Å². The van der Waals surface area contributed by atoms with Crippen molar-refractivity contribution < 1.29 is 19.4 Å². The Hall–Kier alpha value is -1.14. The van der Waals surface area contributed by atoms with Crippen molar-refractivity contribution in [3.05, 3.63) is 0 Å². The van der Waals surface area contributed by atoms with E-state index in [9.17, 15) is 9.59 Å². The number of piperidine rings is 1. The number of aliphatic hydroxyl groups is 1. The lowest BCUT2D eigenvalue weighted by molar-refractivity contribution is -0.137. The summed E-state index contributed by atoms with van der Waals surface area (Å²) in [5.41, 5.74) is 0. The highest BCUT2D eigenvalue weighted by molar-refractivity contribution is 5.90. The summed E-state index contributed by atoms with van der Waals surface area (Å²) >= 11 is 0. The van der Waals surface area contributed by atoms with Crippen molar-refractivity contribution in [1.82, 2.24) is 10.2 Å². The normalized spacial score (nSPS) is 25.3. The van der Waals surface area contributed by atoms with E-state index in [2.05, 4.69) is 5.32 Å². The number of ether oxygens (including phenoxy) is 1. The van der Waals surface area contributed by atoms with Crippen LogP contribution >= 0.6 is 0 Å². The molecule has 2 fully saturated rings. The second kappa shape index (κ2) is 6.15. The minimum atomic E-state index is -0.326. The summed E-state index contributed by atoms with van der Waals surface area (Å²) in [5.74, 6) is -0.00373. The highest BCUT2D eigenvalue weighted by Gasteiger charge is 2.32. The average Bonchev–Trinajstić information content (AvgIpc) is 2.83. The third-order valence-electron chi connectivity index (χ3n) is 3.49. The van der Waals surface area contributed by atoms with Crippen molar-refractivity contribution >= 4 is 11.8 Å². The molecule has 2 amide bonds. The zero-order chi connectivity index (χ0) is 13.0. The molecule has 0 aliphatic carbocycles. The number of nitrogens with one attached hydrogen (secondary N) is 1. The molecule has 0 aromatic rings. The molecular formula is C12H20N2O4. The topological polar surface area (TPSA) is 78.9 Å². The summed E-state index contributed by atoms with van der Waals surface area (Å²) in [6.45, 7) is 1.73. The number of hydrogen-bond acceptors (Lipinski definition) is 4. The lowest BCUT2D eigenvalue weighted by Crippen LogP contribution is -2.48. The van der Waals surface area contributed by atoms with Gasteiger partial charge < -0.3 is 20.1 Å². The Balaban J connectivity index is 1.75. The summed E-state index contributed by atoms with van der Waals surface area (Å²) in [4.78, 5) is 25.0. The Bertz CT molecular complexity index is 313. The number of hydrogen-bond donors (Lipinski definition) is 2. The minimum Gasteiger partial charge on any atom is -0.394 e. The van der Waals surface area contributed by atoms with Gasteiger partial charge in [0.1, 0.15) is 6.04 Å². The number of aliphatic hydroxyl groups excluding tert-OH is 1. The van der Waals surface area contributed by atoms with Gasteiger partial charge in [-0.1, -0.05) is 0 Å². The molecule has 18 heavy (non-hydrogen) atoms. The number of rotatable bonds is 4. The van der Waals surface area contributed by atoms with Crippen LogP contribution in [0.15, 0.2) is 0 Å². The van der Waals surface area contributed by atoms with E-state index in [4.69, 9.17) is 9.84 Å². The SMILES string of the molecule is O=C1CC[C@@H](C(=O)N2CCC(OCCO)CC2)N1. The fraction of sp³-hybridized carbons (Fsp3) is 0.833. The van der Waals surface area contributed by atoms with Gasteiger partial charge in [-0.2, -0.15) is 0 Å². The number of likely N-dealkylation sites (tertiary alicyclic amines) is 1. The van der Waals surface area contributed by atoms with E-state index in [1.54, 1.807) is 4.90 Å². The smallest absolute Gasteiger partial charge is 0.245 e. The van der Waals surface area contributed by atoms with E-state index in [1.165, 1.54) is 0 Å². The maximum absolute atomic E-state index is 12.1. The van der Waals surface area contributed by atoms with Gasteiger partial charge in [-0.15, -0.1) is 0 Å². The third kappa shape index (κ3) is 3.20. The Morgan fingerprint density at radius 2 is 2.11 bits per heavy atom. The van der Waals surface area contributed by atoms with Gasteiger partial charge in [0, 0.05) is 19.5 Å². The number of carbonyl (C=O) groups excluding carboxylic acids is 2. The van der Waals surface area contributed by atoms with Gasteiger partial charge in [-0.3, -0.25) is 9.59 Å². The molecule has 1 atom stereocenters. The molecule has 2 N–H and O–H groups in total. The fourth-order valence-electron chi connectivity index (χ4n) is 2.48. The highest BCUT2D eigenvalue weighted by Crippen LogP contribution is 2.17. The van der Waals surface area contributed by atoms with Crippen LogP contribution in [0.5, 0.6) is 0 Å². The average molecular weight is 256 g/mol. The van der Waals surface area contributed by atoms with Crippen molar-refractivity contribution in [3.8, 4) is 0 Å². The van der Waals surface area contributed by atoms with Crippen LogP contribution in [0.2, 0.25) is 0 Å². The van der Waals surface area contributed by atoms with Crippen LogP contribution in [-0.4, -0.2) is 60.3 Å². The van der Waals surface area contributed by atoms with Crippen LogP contribution in [0.4, 0.5) is 0 Å². The quantitative estimate of drug-likeness (QED) is 0.695. The van der Waals surface area contributed by atoms with Gasteiger partial charge in [0.05, 0.1) is 19.3 Å². The Morgan fingerprint density at radius 1 is 1.39 bits per heavy atom. The molecule has 0 aromatic carbocycles. The Labute approximate surface area is 106 Å². The van der Waals surface area contributed by atoms with Crippen molar-refractivity contribution in [1.29, 1.82) is 0 Å². The van der Waals surface area contributed by atoms with Crippen LogP contribution in [0.1, 0.15) is 25.7 Å². The van der Waals surface area contributed by atoms with E-state index in [0.29, 0.717) is 32.5 Å². The van der Waals surface area contributed by atoms with Gasteiger partial charge in [0.25, 0.3) is 0 Å². The molecule has 2 saturated heterocycles. The van der Waals surface area contributed by atoms with Crippen molar-refractivity contribution in [2.24, 2.45) is 0 Å². The first-order valence-corrected chi connectivity index (χ1v) is 6.51. The Morgan fingerprint density at radius 3 is 2.67 bits per heavy atom. The van der Waals surface area contributed by atoms with Crippen LogP contribution in [0, 0.1) is 0 Å².